The zero-order valence-corrected chi connectivity index (χ0v) is 11.7. The van der Waals surface area contributed by atoms with Gasteiger partial charge in [0.1, 0.15) is 6.07 Å². The molecule has 0 aliphatic heterocycles. The fourth-order valence-corrected chi connectivity index (χ4v) is 2.65. The van der Waals surface area contributed by atoms with Gasteiger partial charge >= 0.3 is 0 Å². The van der Waals surface area contributed by atoms with Gasteiger partial charge in [0.05, 0.1) is 5.56 Å². The standard InChI is InChI=1S/C16H16N2S/c1-2-18-12-13-8-9-16(14(10-13)11-17)19-15-6-4-3-5-7-15/h3-10,18H,2,12H2,1H3. The molecule has 0 radical (unpaired) electrons. The first kappa shape index (κ1) is 13.7. The summed E-state index contributed by atoms with van der Waals surface area (Å²) in [5, 5.41) is 12.5. The summed E-state index contributed by atoms with van der Waals surface area (Å²) in [7, 11) is 0. The van der Waals surface area contributed by atoms with E-state index in [-0.39, 0.29) is 0 Å². The smallest absolute Gasteiger partial charge is 0.100 e. The Morgan fingerprint density at radius 3 is 2.63 bits per heavy atom. The van der Waals surface area contributed by atoms with Crippen LogP contribution in [0, 0.1) is 11.3 Å². The van der Waals surface area contributed by atoms with E-state index in [1.54, 1.807) is 11.8 Å². The Balaban J connectivity index is 2.19. The summed E-state index contributed by atoms with van der Waals surface area (Å²) in [5.41, 5.74) is 1.89. The van der Waals surface area contributed by atoms with Gasteiger partial charge in [0, 0.05) is 16.3 Å². The van der Waals surface area contributed by atoms with Crippen molar-refractivity contribution in [2.24, 2.45) is 0 Å². The predicted molar refractivity (Wildman–Crippen MR) is 79.1 cm³/mol. The number of nitriles is 1. The third-order valence-corrected chi connectivity index (χ3v) is 3.80. The van der Waals surface area contributed by atoms with Crippen LogP contribution >= 0.6 is 11.8 Å². The molecule has 0 atom stereocenters. The first-order valence-corrected chi connectivity index (χ1v) is 7.11. The fraction of sp³-hybridized carbons (Fsp3) is 0.188. The number of rotatable bonds is 5. The highest BCUT2D eigenvalue weighted by Crippen LogP contribution is 2.30. The van der Waals surface area contributed by atoms with Gasteiger partial charge < -0.3 is 5.32 Å². The second-order valence-corrected chi connectivity index (χ2v) is 5.25. The molecule has 0 amide bonds. The van der Waals surface area contributed by atoms with E-state index in [0.717, 1.165) is 34.0 Å². The first-order valence-electron chi connectivity index (χ1n) is 6.30. The van der Waals surface area contributed by atoms with Crippen LogP contribution in [0.1, 0.15) is 18.1 Å². The van der Waals surface area contributed by atoms with Crippen molar-refractivity contribution >= 4 is 11.8 Å². The lowest BCUT2D eigenvalue weighted by atomic mass is 10.1. The molecule has 0 bridgehead atoms. The van der Waals surface area contributed by atoms with Crippen LogP contribution in [-0.2, 0) is 6.54 Å². The highest BCUT2D eigenvalue weighted by atomic mass is 32.2. The van der Waals surface area contributed by atoms with E-state index in [2.05, 4.69) is 36.5 Å². The summed E-state index contributed by atoms with van der Waals surface area (Å²) in [6.45, 7) is 3.81. The van der Waals surface area contributed by atoms with Gasteiger partial charge in [0.25, 0.3) is 0 Å². The third-order valence-electron chi connectivity index (χ3n) is 2.71. The lowest BCUT2D eigenvalue weighted by Crippen LogP contribution is -2.11. The van der Waals surface area contributed by atoms with Crippen LogP contribution in [0.4, 0.5) is 0 Å². The third kappa shape index (κ3) is 3.85. The van der Waals surface area contributed by atoms with Gasteiger partial charge in [0.2, 0.25) is 0 Å². The first-order chi connectivity index (χ1) is 9.33. The Bertz CT molecular complexity index is 573. The SMILES string of the molecule is CCNCc1ccc(Sc2ccccc2)c(C#N)c1. The number of benzene rings is 2. The van der Waals surface area contributed by atoms with Crippen molar-refractivity contribution in [3.05, 3.63) is 59.7 Å². The van der Waals surface area contributed by atoms with E-state index >= 15 is 0 Å². The van der Waals surface area contributed by atoms with Crippen molar-refractivity contribution in [3.8, 4) is 6.07 Å². The normalized spacial score (nSPS) is 10.1. The van der Waals surface area contributed by atoms with E-state index in [1.165, 1.54) is 0 Å². The molecule has 3 heteroatoms. The van der Waals surface area contributed by atoms with Crippen molar-refractivity contribution in [2.75, 3.05) is 6.54 Å². The Kier molecular flexibility index (Phi) is 5.02. The summed E-state index contributed by atoms with van der Waals surface area (Å²) in [4.78, 5) is 2.16. The molecule has 2 aromatic rings. The number of hydrogen-bond donors (Lipinski definition) is 1. The Hall–Kier alpha value is -1.76. The maximum absolute atomic E-state index is 9.26. The Morgan fingerprint density at radius 2 is 1.95 bits per heavy atom. The summed E-state index contributed by atoms with van der Waals surface area (Å²) in [6.07, 6.45) is 0. The summed E-state index contributed by atoms with van der Waals surface area (Å²) in [6, 6.07) is 18.5. The van der Waals surface area contributed by atoms with Crippen LogP contribution in [0.3, 0.4) is 0 Å². The second-order valence-electron chi connectivity index (χ2n) is 4.14. The van der Waals surface area contributed by atoms with Gasteiger partial charge in [-0.05, 0) is 36.4 Å². The molecule has 0 heterocycles. The van der Waals surface area contributed by atoms with Crippen LogP contribution < -0.4 is 5.32 Å². The quantitative estimate of drug-likeness (QED) is 0.895. The fourth-order valence-electron chi connectivity index (χ4n) is 1.75. The van der Waals surface area contributed by atoms with Crippen molar-refractivity contribution in [3.63, 3.8) is 0 Å². The molecular formula is C16H16N2S. The van der Waals surface area contributed by atoms with Gasteiger partial charge in [-0.25, -0.2) is 0 Å². The molecular weight excluding hydrogens is 252 g/mol. The highest BCUT2D eigenvalue weighted by molar-refractivity contribution is 7.99. The van der Waals surface area contributed by atoms with Crippen molar-refractivity contribution in [1.82, 2.24) is 5.32 Å². The van der Waals surface area contributed by atoms with E-state index < -0.39 is 0 Å². The molecule has 0 saturated heterocycles. The molecule has 0 spiro atoms. The molecule has 2 nitrogen and oxygen atoms in total. The molecule has 96 valence electrons. The van der Waals surface area contributed by atoms with E-state index in [1.807, 2.05) is 30.3 Å². The van der Waals surface area contributed by atoms with Gasteiger partial charge in [-0.3, -0.25) is 0 Å². The summed E-state index contributed by atoms with van der Waals surface area (Å²) < 4.78 is 0. The summed E-state index contributed by atoms with van der Waals surface area (Å²) >= 11 is 1.63. The molecule has 0 unspecified atom stereocenters. The molecule has 0 fully saturated rings. The van der Waals surface area contributed by atoms with Gasteiger partial charge in [-0.2, -0.15) is 5.26 Å². The Labute approximate surface area is 118 Å². The molecule has 1 N–H and O–H groups in total. The number of hydrogen-bond acceptors (Lipinski definition) is 3. The van der Waals surface area contributed by atoms with Crippen molar-refractivity contribution < 1.29 is 0 Å². The second kappa shape index (κ2) is 6.98. The van der Waals surface area contributed by atoms with Gasteiger partial charge in [-0.1, -0.05) is 43.0 Å². The average Bonchev–Trinajstić information content (AvgIpc) is 2.47. The van der Waals surface area contributed by atoms with Crippen LogP contribution in [0.5, 0.6) is 0 Å². The topological polar surface area (TPSA) is 35.8 Å². The minimum atomic E-state index is 0.740. The van der Waals surface area contributed by atoms with Gasteiger partial charge in [0.15, 0.2) is 0 Å². The minimum Gasteiger partial charge on any atom is -0.313 e. The molecule has 2 aromatic carbocycles. The monoisotopic (exact) mass is 268 g/mol. The van der Waals surface area contributed by atoms with Crippen molar-refractivity contribution in [2.45, 2.75) is 23.3 Å². The van der Waals surface area contributed by atoms with Crippen LogP contribution in [0.15, 0.2) is 58.3 Å². The maximum Gasteiger partial charge on any atom is 0.100 e. The molecule has 19 heavy (non-hydrogen) atoms. The summed E-state index contributed by atoms with van der Waals surface area (Å²) in [5.74, 6) is 0. The van der Waals surface area contributed by atoms with Crippen LogP contribution in [0.2, 0.25) is 0 Å². The van der Waals surface area contributed by atoms with Crippen LogP contribution in [0.25, 0.3) is 0 Å². The zero-order valence-electron chi connectivity index (χ0n) is 10.9. The van der Waals surface area contributed by atoms with Crippen molar-refractivity contribution in [1.29, 1.82) is 5.26 Å². The highest BCUT2D eigenvalue weighted by Gasteiger charge is 2.05. The predicted octanol–water partition coefficient (Wildman–Crippen LogP) is 3.82. The van der Waals surface area contributed by atoms with Crippen LogP contribution in [-0.4, -0.2) is 6.54 Å². The zero-order chi connectivity index (χ0) is 13.5. The van der Waals surface area contributed by atoms with E-state index in [0.29, 0.717) is 0 Å². The average molecular weight is 268 g/mol. The largest absolute Gasteiger partial charge is 0.313 e. The number of nitrogens with one attached hydrogen (secondary N) is 1. The molecule has 0 aliphatic carbocycles. The molecule has 0 saturated carbocycles. The minimum absolute atomic E-state index is 0.740. The van der Waals surface area contributed by atoms with E-state index in [9.17, 15) is 5.26 Å². The maximum atomic E-state index is 9.26. The number of nitrogens with zero attached hydrogens (tertiary/aromatic N) is 1. The Morgan fingerprint density at radius 1 is 1.16 bits per heavy atom. The lowest BCUT2D eigenvalue weighted by molar-refractivity contribution is 0.726. The van der Waals surface area contributed by atoms with E-state index in [4.69, 9.17) is 0 Å². The molecule has 2 rings (SSSR count). The molecule has 0 aliphatic rings. The lowest BCUT2D eigenvalue weighted by Gasteiger charge is -2.07. The van der Waals surface area contributed by atoms with Gasteiger partial charge in [-0.15, -0.1) is 0 Å². The molecule has 0 aromatic heterocycles.